The zero-order chi connectivity index (χ0) is 13.1. The van der Waals surface area contributed by atoms with Crippen LogP contribution in [0.15, 0.2) is 12.1 Å². The Morgan fingerprint density at radius 3 is 2.83 bits per heavy atom. The van der Waals surface area contributed by atoms with Crippen LogP contribution in [0.25, 0.3) is 0 Å². The van der Waals surface area contributed by atoms with Gasteiger partial charge in [0.25, 0.3) is 0 Å². The average molecular weight is 272 g/mol. The predicted octanol–water partition coefficient (Wildman–Crippen LogP) is 1.92. The molecule has 0 radical (unpaired) electrons. The van der Waals surface area contributed by atoms with Crippen LogP contribution in [0, 0.1) is 0 Å². The SMILES string of the molecule is CC(O)CN(C)Cc1cc(Cl)c2c(c1)OCCO2. The second-order valence-corrected chi connectivity index (χ2v) is 5.05. The lowest BCUT2D eigenvalue weighted by atomic mass is 10.1. The Balaban J connectivity index is 2.12. The summed E-state index contributed by atoms with van der Waals surface area (Å²) in [5, 5.41) is 9.91. The summed E-state index contributed by atoms with van der Waals surface area (Å²) in [7, 11) is 1.96. The molecule has 0 fully saturated rings. The fourth-order valence-corrected chi connectivity index (χ4v) is 2.37. The number of likely N-dealkylation sites (N-methyl/N-ethyl adjacent to an activating group) is 1. The normalized spacial score (nSPS) is 15.8. The van der Waals surface area contributed by atoms with Crippen molar-refractivity contribution in [1.82, 2.24) is 4.90 Å². The van der Waals surface area contributed by atoms with Gasteiger partial charge in [0.1, 0.15) is 13.2 Å². The summed E-state index contributed by atoms with van der Waals surface area (Å²) in [6.45, 7) is 4.19. The molecule has 0 bridgehead atoms. The third kappa shape index (κ3) is 3.28. The summed E-state index contributed by atoms with van der Waals surface area (Å²) in [6.07, 6.45) is -0.345. The lowest BCUT2D eigenvalue weighted by Gasteiger charge is -2.22. The van der Waals surface area contributed by atoms with Gasteiger partial charge in [0.2, 0.25) is 0 Å². The van der Waals surface area contributed by atoms with Gasteiger partial charge in [0.15, 0.2) is 11.5 Å². The summed E-state index contributed by atoms with van der Waals surface area (Å²) < 4.78 is 11.0. The molecule has 1 aromatic carbocycles. The van der Waals surface area contributed by atoms with Crippen molar-refractivity contribution in [3.8, 4) is 11.5 Å². The largest absolute Gasteiger partial charge is 0.486 e. The van der Waals surface area contributed by atoms with E-state index in [4.69, 9.17) is 21.1 Å². The first-order chi connectivity index (χ1) is 8.56. The van der Waals surface area contributed by atoms with Crippen molar-refractivity contribution in [3.63, 3.8) is 0 Å². The third-order valence-electron chi connectivity index (χ3n) is 2.69. The van der Waals surface area contributed by atoms with E-state index < -0.39 is 0 Å². The summed E-state index contributed by atoms with van der Waals surface area (Å²) in [5.74, 6) is 1.33. The first-order valence-corrected chi connectivity index (χ1v) is 6.38. The van der Waals surface area contributed by atoms with E-state index in [-0.39, 0.29) is 6.10 Å². The predicted molar refractivity (Wildman–Crippen MR) is 70.5 cm³/mol. The lowest BCUT2D eigenvalue weighted by Crippen LogP contribution is -2.26. The maximum atomic E-state index is 9.34. The van der Waals surface area contributed by atoms with Crippen LogP contribution in [0.2, 0.25) is 5.02 Å². The van der Waals surface area contributed by atoms with Crippen molar-refractivity contribution in [2.75, 3.05) is 26.8 Å². The van der Waals surface area contributed by atoms with E-state index in [0.29, 0.717) is 42.8 Å². The van der Waals surface area contributed by atoms with Crippen molar-refractivity contribution in [3.05, 3.63) is 22.7 Å². The van der Waals surface area contributed by atoms with Crippen molar-refractivity contribution in [2.45, 2.75) is 19.6 Å². The van der Waals surface area contributed by atoms with Crippen molar-refractivity contribution in [2.24, 2.45) is 0 Å². The monoisotopic (exact) mass is 271 g/mol. The van der Waals surface area contributed by atoms with Crippen LogP contribution in [0.5, 0.6) is 11.5 Å². The number of hydrogen-bond acceptors (Lipinski definition) is 4. The average Bonchev–Trinajstić information content (AvgIpc) is 2.27. The zero-order valence-electron chi connectivity index (χ0n) is 10.6. The highest BCUT2D eigenvalue weighted by atomic mass is 35.5. The molecule has 0 aromatic heterocycles. The summed E-state index contributed by atoms with van der Waals surface area (Å²) in [4.78, 5) is 2.03. The van der Waals surface area contributed by atoms with Gasteiger partial charge in [0.05, 0.1) is 11.1 Å². The van der Waals surface area contributed by atoms with Gasteiger partial charge in [-0.2, -0.15) is 0 Å². The number of hydrogen-bond donors (Lipinski definition) is 1. The maximum Gasteiger partial charge on any atom is 0.179 e. The molecule has 0 amide bonds. The highest BCUT2D eigenvalue weighted by Crippen LogP contribution is 2.38. The lowest BCUT2D eigenvalue weighted by molar-refractivity contribution is 0.138. The van der Waals surface area contributed by atoms with Crippen LogP contribution in [0.1, 0.15) is 12.5 Å². The fourth-order valence-electron chi connectivity index (χ4n) is 2.08. The molecule has 0 saturated carbocycles. The molecule has 100 valence electrons. The van der Waals surface area contributed by atoms with Gasteiger partial charge in [-0.1, -0.05) is 11.6 Å². The Kier molecular flexibility index (Phi) is 4.32. The molecule has 1 heterocycles. The topological polar surface area (TPSA) is 41.9 Å². The molecule has 1 atom stereocenters. The van der Waals surface area contributed by atoms with Crippen LogP contribution >= 0.6 is 11.6 Å². The molecule has 4 nitrogen and oxygen atoms in total. The molecule has 18 heavy (non-hydrogen) atoms. The van der Waals surface area contributed by atoms with E-state index in [9.17, 15) is 5.11 Å². The molecule has 0 spiro atoms. The molecule has 1 aliphatic heterocycles. The summed E-state index contributed by atoms with van der Waals surface area (Å²) in [5.41, 5.74) is 1.05. The molecule has 2 rings (SSSR count). The highest BCUT2D eigenvalue weighted by Gasteiger charge is 2.17. The number of benzene rings is 1. The number of fused-ring (bicyclic) bond motifs is 1. The van der Waals surface area contributed by atoms with Crippen molar-refractivity contribution >= 4 is 11.6 Å². The van der Waals surface area contributed by atoms with E-state index in [1.54, 1.807) is 6.92 Å². The minimum Gasteiger partial charge on any atom is -0.486 e. The minimum absolute atomic E-state index is 0.345. The van der Waals surface area contributed by atoms with Gasteiger partial charge in [-0.3, -0.25) is 4.90 Å². The molecule has 1 unspecified atom stereocenters. The molecule has 5 heteroatoms. The molecular formula is C13H18ClNO3. The molecule has 1 aromatic rings. The highest BCUT2D eigenvalue weighted by molar-refractivity contribution is 6.32. The van der Waals surface area contributed by atoms with E-state index in [0.717, 1.165) is 5.56 Å². The van der Waals surface area contributed by atoms with E-state index >= 15 is 0 Å². The van der Waals surface area contributed by atoms with Gasteiger partial charge in [-0.15, -0.1) is 0 Å². The smallest absolute Gasteiger partial charge is 0.179 e. The van der Waals surface area contributed by atoms with Crippen molar-refractivity contribution in [1.29, 1.82) is 0 Å². The van der Waals surface area contributed by atoms with Crippen molar-refractivity contribution < 1.29 is 14.6 Å². The molecule has 0 aliphatic carbocycles. The fraction of sp³-hybridized carbons (Fsp3) is 0.538. The maximum absolute atomic E-state index is 9.34. The Hall–Kier alpha value is -0.970. The number of rotatable bonds is 4. The van der Waals surface area contributed by atoms with E-state index in [1.165, 1.54) is 0 Å². The molecule has 1 aliphatic rings. The molecule has 1 N–H and O–H groups in total. The zero-order valence-corrected chi connectivity index (χ0v) is 11.4. The number of aliphatic hydroxyl groups is 1. The van der Waals surface area contributed by atoms with E-state index in [2.05, 4.69) is 0 Å². The Morgan fingerprint density at radius 2 is 2.11 bits per heavy atom. The second kappa shape index (κ2) is 5.78. The standard InChI is InChI=1S/C13H18ClNO3/c1-9(16)7-15(2)8-10-5-11(14)13-12(6-10)17-3-4-18-13/h5-6,9,16H,3-4,7-8H2,1-2H3. The van der Waals surface area contributed by atoms with Gasteiger partial charge in [-0.25, -0.2) is 0 Å². The van der Waals surface area contributed by atoms with Crippen LogP contribution in [0.3, 0.4) is 0 Å². The summed E-state index contributed by atoms with van der Waals surface area (Å²) >= 11 is 6.16. The van der Waals surface area contributed by atoms with Crippen LogP contribution in [-0.4, -0.2) is 42.9 Å². The molecule has 0 saturated heterocycles. The van der Waals surface area contributed by atoms with Gasteiger partial charge in [0, 0.05) is 13.1 Å². The van der Waals surface area contributed by atoms with Crippen LogP contribution in [-0.2, 0) is 6.54 Å². The number of aliphatic hydroxyl groups excluding tert-OH is 1. The van der Waals surface area contributed by atoms with Gasteiger partial charge < -0.3 is 14.6 Å². The first-order valence-electron chi connectivity index (χ1n) is 6.01. The Morgan fingerprint density at radius 1 is 1.39 bits per heavy atom. The third-order valence-corrected chi connectivity index (χ3v) is 2.97. The van der Waals surface area contributed by atoms with Gasteiger partial charge >= 0.3 is 0 Å². The second-order valence-electron chi connectivity index (χ2n) is 4.65. The van der Waals surface area contributed by atoms with Gasteiger partial charge in [-0.05, 0) is 31.7 Å². The van der Waals surface area contributed by atoms with Crippen LogP contribution in [0.4, 0.5) is 0 Å². The Bertz CT molecular complexity index is 423. The number of ether oxygens (including phenoxy) is 2. The summed E-state index contributed by atoms with van der Waals surface area (Å²) in [6, 6.07) is 3.83. The number of nitrogens with zero attached hydrogens (tertiary/aromatic N) is 1. The minimum atomic E-state index is -0.345. The van der Waals surface area contributed by atoms with Crippen LogP contribution < -0.4 is 9.47 Å². The molecular weight excluding hydrogens is 254 g/mol. The number of halogens is 1. The first kappa shape index (κ1) is 13.5. The quantitative estimate of drug-likeness (QED) is 0.909. The van der Waals surface area contributed by atoms with E-state index in [1.807, 2.05) is 24.1 Å². The Labute approximate surface area is 112 Å².